The minimum atomic E-state index is -0.140. The lowest BCUT2D eigenvalue weighted by molar-refractivity contribution is -0.0129. The van der Waals surface area contributed by atoms with Crippen LogP contribution in [0.2, 0.25) is 0 Å². The average molecular weight is 382 g/mol. The monoisotopic (exact) mass is 381 g/mol. The second kappa shape index (κ2) is 9.80. The number of rotatable bonds is 7. The number of carbonyl (C=O) groups excluding carboxylic acids is 1. The van der Waals surface area contributed by atoms with Crippen molar-refractivity contribution in [3.63, 3.8) is 0 Å². The maximum atomic E-state index is 12.3. The lowest BCUT2D eigenvalue weighted by Crippen LogP contribution is -2.39. The van der Waals surface area contributed by atoms with Crippen LogP contribution in [0.25, 0.3) is 0 Å². The normalized spacial score (nSPS) is 17.1. The van der Waals surface area contributed by atoms with Crippen molar-refractivity contribution >= 4 is 11.6 Å². The first-order valence-corrected chi connectivity index (χ1v) is 10.2. The maximum absolute atomic E-state index is 12.3. The fourth-order valence-corrected chi connectivity index (χ4v) is 3.40. The van der Waals surface area contributed by atoms with Crippen molar-refractivity contribution in [2.45, 2.75) is 58.7 Å². The van der Waals surface area contributed by atoms with Gasteiger partial charge in [0, 0.05) is 43.3 Å². The highest BCUT2D eigenvalue weighted by atomic mass is 16.5. The molecule has 1 aliphatic heterocycles. The molecule has 0 unspecified atom stereocenters. The zero-order valence-electron chi connectivity index (χ0n) is 17.1. The summed E-state index contributed by atoms with van der Waals surface area (Å²) in [6, 6.07) is 12.2. The lowest BCUT2D eigenvalue weighted by atomic mass is 10.1. The number of aromatic nitrogens is 1. The van der Waals surface area contributed by atoms with Crippen molar-refractivity contribution in [3.05, 3.63) is 59.4 Å². The highest BCUT2D eigenvalue weighted by Crippen LogP contribution is 2.18. The highest BCUT2D eigenvalue weighted by Gasteiger charge is 2.19. The molecule has 0 aliphatic carbocycles. The number of ether oxygens (including phenoxy) is 1. The molecule has 1 saturated heterocycles. The first-order valence-electron chi connectivity index (χ1n) is 10.2. The number of benzene rings is 1. The molecule has 150 valence electrons. The van der Waals surface area contributed by atoms with E-state index in [0.717, 1.165) is 37.5 Å². The number of carbonyl (C=O) groups is 1. The van der Waals surface area contributed by atoms with Crippen LogP contribution in [0.15, 0.2) is 42.6 Å². The van der Waals surface area contributed by atoms with Gasteiger partial charge >= 0.3 is 0 Å². The average Bonchev–Trinajstić information content (AvgIpc) is 2.70. The van der Waals surface area contributed by atoms with Crippen molar-refractivity contribution < 1.29 is 9.53 Å². The number of nitrogens with zero attached hydrogens (tertiary/aromatic N) is 2. The van der Waals surface area contributed by atoms with Gasteiger partial charge in [0.05, 0.1) is 11.7 Å². The van der Waals surface area contributed by atoms with Crippen LogP contribution in [0.3, 0.4) is 0 Å². The molecule has 1 aromatic carbocycles. The number of aryl methyl sites for hydroxylation is 1. The number of amides is 1. The number of pyridine rings is 1. The van der Waals surface area contributed by atoms with E-state index >= 15 is 0 Å². The van der Waals surface area contributed by atoms with Crippen LogP contribution in [0.4, 0.5) is 5.69 Å². The van der Waals surface area contributed by atoms with E-state index in [0.29, 0.717) is 17.7 Å². The van der Waals surface area contributed by atoms with Crippen molar-refractivity contribution in [2.75, 3.05) is 18.5 Å². The van der Waals surface area contributed by atoms with E-state index in [4.69, 9.17) is 4.74 Å². The Morgan fingerprint density at radius 3 is 2.61 bits per heavy atom. The number of anilines is 1. The van der Waals surface area contributed by atoms with Crippen LogP contribution >= 0.6 is 0 Å². The summed E-state index contributed by atoms with van der Waals surface area (Å²) < 4.78 is 5.91. The predicted molar refractivity (Wildman–Crippen MR) is 113 cm³/mol. The second-order valence-electron chi connectivity index (χ2n) is 7.85. The van der Waals surface area contributed by atoms with Crippen molar-refractivity contribution in [2.24, 2.45) is 0 Å². The molecule has 0 bridgehead atoms. The van der Waals surface area contributed by atoms with Gasteiger partial charge in [0.1, 0.15) is 0 Å². The third-order valence-corrected chi connectivity index (χ3v) is 5.21. The molecular formula is C23H31N3O2. The third-order valence-electron chi connectivity index (χ3n) is 5.21. The van der Waals surface area contributed by atoms with E-state index in [9.17, 15) is 4.79 Å². The third kappa shape index (κ3) is 5.88. The molecule has 2 aromatic rings. The van der Waals surface area contributed by atoms with E-state index in [1.807, 2.05) is 25.1 Å². The SMILES string of the molecule is Cc1ccc(C(=O)Nc2ccc(CN(C[C@H]3CCCCO3)C(C)C)cc2)cn1. The molecule has 5 heteroatoms. The quantitative estimate of drug-likeness (QED) is 0.771. The van der Waals surface area contributed by atoms with Crippen LogP contribution in [0, 0.1) is 6.92 Å². The van der Waals surface area contributed by atoms with E-state index < -0.39 is 0 Å². The van der Waals surface area contributed by atoms with Gasteiger partial charge in [-0.05, 0) is 69.9 Å². The van der Waals surface area contributed by atoms with Crippen LogP contribution in [0.1, 0.15) is 54.7 Å². The van der Waals surface area contributed by atoms with E-state index in [2.05, 4.69) is 41.2 Å². The standard InChI is InChI=1S/C23H31N3O2/c1-17(2)26(16-22-6-4-5-13-28-22)15-19-8-11-21(12-9-19)25-23(27)20-10-7-18(3)24-14-20/h7-12,14,17,22H,4-6,13,15-16H2,1-3H3,(H,25,27)/t22-/m1/s1. The first kappa shape index (κ1) is 20.5. The van der Waals surface area contributed by atoms with E-state index in [-0.39, 0.29) is 5.91 Å². The largest absolute Gasteiger partial charge is 0.377 e. The fourth-order valence-electron chi connectivity index (χ4n) is 3.40. The number of nitrogens with one attached hydrogen (secondary N) is 1. The number of hydrogen-bond donors (Lipinski definition) is 1. The summed E-state index contributed by atoms with van der Waals surface area (Å²) in [4.78, 5) is 19.0. The molecular weight excluding hydrogens is 350 g/mol. The number of hydrogen-bond acceptors (Lipinski definition) is 4. The summed E-state index contributed by atoms with van der Waals surface area (Å²) in [5, 5.41) is 2.93. The molecule has 1 aromatic heterocycles. The first-order chi connectivity index (χ1) is 13.5. The zero-order chi connectivity index (χ0) is 19.9. The van der Waals surface area contributed by atoms with Gasteiger partial charge in [-0.1, -0.05) is 12.1 Å². The summed E-state index contributed by atoms with van der Waals surface area (Å²) in [7, 11) is 0. The molecule has 3 rings (SSSR count). The van der Waals surface area contributed by atoms with Crippen LogP contribution in [-0.2, 0) is 11.3 Å². The Morgan fingerprint density at radius 1 is 1.21 bits per heavy atom. The summed E-state index contributed by atoms with van der Waals surface area (Å²) in [6.07, 6.45) is 5.55. The Kier molecular flexibility index (Phi) is 7.18. The Bertz CT molecular complexity index is 750. The molecule has 0 spiro atoms. The summed E-state index contributed by atoms with van der Waals surface area (Å²) in [5.74, 6) is -0.140. The predicted octanol–water partition coefficient (Wildman–Crippen LogP) is 4.42. The van der Waals surface area contributed by atoms with E-state index in [1.54, 1.807) is 12.3 Å². The van der Waals surface area contributed by atoms with Crippen LogP contribution < -0.4 is 5.32 Å². The van der Waals surface area contributed by atoms with Gasteiger partial charge in [0.15, 0.2) is 0 Å². The fraction of sp³-hybridized carbons (Fsp3) is 0.478. The van der Waals surface area contributed by atoms with Crippen molar-refractivity contribution in [3.8, 4) is 0 Å². The van der Waals surface area contributed by atoms with Gasteiger partial charge in [-0.2, -0.15) is 0 Å². The van der Waals surface area contributed by atoms with Gasteiger partial charge in [-0.15, -0.1) is 0 Å². The van der Waals surface area contributed by atoms with E-state index in [1.165, 1.54) is 18.4 Å². The second-order valence-corrected chi connectivity index (χ2v) is 7.85. The smallest absolute Gasteiger partial charge is 0.257 e. The van der Waals surface area contributed by atoms with Gasteiger partial charge in [0.2, 0.25) is 0 Å². The van der Waals surface area contributed by atoms with Gasteiger partial charge in [0.25, 0.3) is 5.91 Å². The van der Waals surface area contributed by atoms with Crippen molar-refractivity contribution in [1.29, 1.82) is 0 Å². The summed E-state index contributed by atoms with van der Waals surface area (Å²) >= 11 is 0. The Labute approximate surface area is 168 Å². The van der Waals surface area contributed by atoms with Crippen molar-refractivity contribution in [1.82, 2.24) is 9.88 Å². The summed E-state index contributed by atoms with van der Waals surface area (Å²) in [5.41, 5.74) is 3.49. The Balaban J connectivity index is 1.57. The Hall–Kier alpha value is -2.24. The van der Waals surface area contributed by atoms with Crippen LogP contribution in [-0.4, -0.2) is 41.1 Å². The molecule has 5 nitrogen and oxygen atoms in total. The lowest BCUT2D eigenvalue weighted by Gasteiger charge is -2.32. The minimum Gasteiger partial charge on any atom is -0.377 e. The molecule has 1 amide bonds. The molecule has 28 heavy (non-hydrogen) atoms. The zero-order valence-corrected chi connectivity index (χ0v) is 17.1. The van der Waals surface area contributed by atoms with Gasteiger partial charge in [-0.25, -0.2) is 0 Å². The molecule has 0 saturated carbocycles. The minimum absolute atomic E-state index is 0.140. The molecule has 1 N–H and O–H groups in total. The molecule has 1 fully saturated rings. The van der Waals surface area contributed by atoms with Crippen LogP contribution in [0.5, 0.6) is 0 Å². The van der Waals surface area contributed by atoms with Gasteiger partial charge < -0.3 is 10.1 Å². The molecule has 1 atom stereocenters. The Morgan fingerprint density at radius 2 is 2.00 bits per heavy atom. The highest BCUT2D eigenvalue weighted by molar-refractivity contribution is 6.04. The summed E-state index contributed by atoms with van der Waals surface area (Å²) in [6.45, 7) is 9.10. The van der Waals surface area contributed by atoms with Gasteiger partial charge in [-0.3, -0.25) is 14.7 Å². The maximum Gasteiger partial charge on any atom is 0.257 e. The molecule has 2 heterocycles. The topological polar surface area (TPSA) is 54.5 Å². The molecule has 1 aliphatic rings. The molecule has 0 radical (unpaired) electrons.